The fourth-order valence-corrected chi connectivity index (χ4v) is 2.90. The topological polar surface area (TPSA) is 61.4 Å². The number of likely N-dealkylation sites (N-methyl/N-ethyl adjacent to an activating group) is 1. The lowest BCUT2D eigenvalue weighted by Crippen LogP contribution is -2.30. The summed E-state index contributed by atoms with van der Waals surface area (Å²) in [7, 11) is 1.87. The third-order valence-electron chi connectivity index (χ3n) is 4.08. The minimum Gasteiger partial charge on any atom is -0.349 e. The maximum Gasteiger partial charge on any atom is 0.251 e. The second kappa shape index (κ2) is 8.34. The molecular weight excluding hydrogens is 350 g/mol. The number of nitrogens with one attached hydrogen (secondary N) is 2. The lowest BCUT2D eigenvalue weighted by atomic mass is 10.2. The van der Waals surface area contributed by atoms with Gasteiger partial charge in [-0.25, -0.2) is 0 Å². The van der Waals surface area contributed by atoms with Crippen LogP contribution < -0.4 is 10.6 Å². The molecule has 0 heterocycles. The highest BCUT2D eigenvalue weighted by atomic mass is 35.5. The second-order valence-electron chi connectivity index (χ2n) is 6.68. The fraction of sp³-hybridized carbons (Fsp3) is 0.300. The smallest absolute Gasteiger partial charge is 0.251 e. The van der Waals surface area contributed by atoms with Crippen LogP contribution in [0.25, 0.3) is 0 Å². The third-order valence-corrected chi connectivity index (χ3v) is 4.31. The van der Waals surface area contributed by atoms with Gasteiger partial charge in [-0.1, -0.05) is 29.8 Å². The summed E-state index contributed by atoms with van der Waals surface area (Å²) in [5, 5.41) is 6.47. The summed E-state index contributed by atoms with van der Waals surface area (Å²) in [6, 6.07) is 14.9. The van der Waals surface area contributed by atoms with E-state index in [2.05, 4.69) is 10.6 Å². The van der Waals surface area contributed by atoms with E-state index in [9.17, 15) is 9.59 Å². The molecule has 5 nitrogen and oxygen atoms in total. The van der Waals surface area contributed by atoms with Gasteiger partial charge in [0, 0.05) is 28.9 Å². The predicted octanol–water partition coefficient (Wildman–Crippen LogP) is 3.30. The number of carbonyl (C=O) groups excluding carboxylic acids is 2. The first-order valence-electron chi connectivity index (χ1n) is 8.63. The van der Waals surface area contributed by atoms with Gasteiger partial charge in [-0.3, -0.25) is 14.5 Å². The Morgan fingerprint density at radius 1 is 1.15 bits per heavy atom. The first-order valence-corrected chi connectivity index (χ1v) is 9.01. The molecule has 0 bridgehead atoms. The first kappa shape index (κ1) is 18.4. The summed E-state index contributed by atoms with van der Waals surface area (Å²) in [5.74, 6) is -0.226. The monoisotopic (exact) mass is 371 g/mol. The molecule has 1 aliphatic carbocycles. The molecule has 0 unspecified atom stereocenters. The van der Waals surface area contributed by atoms with Crippen LogP contribution in [0.5, 0.6) is 0 Å². The van der Waals surface area contributed by atoms with Crippen LogP contribution in [0.15, 0.2) is 48.5 Å². The molecule has 0 radical (unpaired) electrons. The molecule has 1 aliphatic rings. The molecule has 0 aliphatic heterocycles. The minimum atomic E-state index is -0.130. The Balaban J connectivity index is 1.53. The van der Waals surface area contributed by atoms with Crippen LogP contribution in [0.1, 0.15) is 28.8 Å². The minimum absolute atomic E-state index is 0.0957. The molecule has 0 saturated heterocycles. The van der Waals surface area contributed by atoms with E-state index in [1.54, 1.807) is 24.3 Å². The van der Waals surface area contributed by atoms with Gasteiger partial charge in [0.2, 0.25) is 5.91 Å². The largest absolute Gasteiger partial charge is 0.349 e. The number of anilines is 1. The number of carbonyl (C=O) groups is 2. The molecule has 0 atom stereocenters. The second-order valence-corrected chi connectivity index (χ2v) is 7.12. The van der Waals surface area contributed by atoms with E-state index < -0.39 is 0 Å². The summed E-state index contributed by atoms with van der Waals surface area (Å²) >= 11 is 5.99. The molecule has 0 aromatic heterocycles. The normalized spacial score (nSPS) is 13.5. The summed E-state index contributed by atoms with van der Waals surface area (Å²) in [4.78, 5) is 26.3. The Bertz CT molecular complexity index is 805. The number of nitrogens with zero attached hydrogens (tertiary/aromatic N) is 1. The predicted molar refractivity (Wildman–Crippen MR) is 103 cm³/mol. The zero-order valence-corrected chi connectivity index (χ0v) is 15.4. The van der Waals surface area contributed by atoms with Crippen LogP contribution >= 0.6 is 11.6 Å². The zero-order chi connectivity index (χ0) is 18.5. The molecule has 136 valence electrons. The average Bonchev–Trinajstić information content (AvgIpc) is 3.38. The quantitative estimate of drug-likeness (QED) is 0.785. The van der Waals surface area contributed by atoms with E-state index in [1.807, 2.05) is 36.2 Å². The van der Waals surface area contributed by atoms with E-state index in [-0.39, 0.29) is 18.4 Å². The van der Waals surface area contributed by atoms with Gasteiger partial charge in [0.25, 0.3) is 5.91 Å². The Kier molecular flexibility index (Phi) is 5.91. The van der Waals surface area contributed by atoms with E-state index in [0.29, 0.717) is 28.9 Å². The lowest BCUT2D eigenvalue weighted by molar-refractivity contribution is -0.117. The number of benzene rings is 2. The van der Waals surface area contributed by atoms with Gasteiger partial charge in [0.05, 0.1) is 6.54 Å². The summed E-state index contributed by atoms with van der Waals surface area (Å²) < 4.78 is 0. The van der Waals surface area contributed by atoms with Crippen molar-refractivity contribution in [3.8, 4) is 0 Å². The first-order chi connectivity index (χ1) is 12.5. The van der Waals surface area contributed by atoms with Crippen molar-refractivity contribution in [1.82, 2.24) is 10.2 Å². The van der Waals surface area contributed by atoms with Gasteiger partial charge in [-0.2, -0.15) is 0 Å². The Morgan fingerprint density at radius 2 is 1.92 bits per heavy atom. The Morgan fingerprint density at radius 3 is 2.65 bits per heavy atom. The SMILES string of the molecule is CN(CC(=O)Nc1cccc(C(=O)NC2CC2)c1)Cc1cccc(Cl)c1. The van der Waals surface area contributed by atoms with Crippen LogP contribution in [0.4, 0.5) is 5.69 Å². The van der Waals surface area contributed by atoms with Gasteiger partial charge >= 0.3 is 0 Å². The molecular formula is C20H22ClN3O2. The molecule has 1 saturated carbocycles. The molecule has 26 heavy (non-hydrogen) atoms. The Labute approximate surface area is 158 Å². The molecule has 0 spiro atoms. The lowest BCUT2D eigenvalue weighted by Gasteiger charge is -2.16. The van der Waals surface area contributed by atoms with Crippen molar-refractivity contribution in [2.45, 2.75) is 25.4 Å². The van der Waals surface area contributed by atoms with Gasteiger partial charge in [-0.15, -0.1) is 0 Å². The van der Waals surface area contributed by atoms with Crippen molar-refractivity contribution in [3.05, 3.63) is 64.7 Å². The maximum absolute atomic E-state index is 12.3. The Hall–Kier alpha value is -2.37. The van der Waals surface area contributed by atoms with Crippen molar-refractivity contribution < 1.29 is 9.59 Å². The standard InChI is InChI=1S/C20H22ClN3O2/c1-24(12-14-4-2-6-16(21)10-14)13-19(25)22-18-7-3-5-15(11-18)20(26)23-17-8-9-17/h2-7,10-11,17H,8-9,12-13H2,1H3,(H,22,25)(H,23,26). The molecule has 2 amide bonds. The van der Waals surface area contributed by atoms with E-state index in [0.717, 1.165) is 18.4 Å². The van der Waals surface area contributed by atoms with Crippen LogP contribution in [0.2, 0.25) is 5.02 Å². The maximum atomic E-state index is 12.3. The molecule has 2 N–H and O–H groups in total. The van der Waals surface area contributed by atoms with Crippen molar-refractivity contribution in [1.29, 1.82) is 0 Å². The zero-order valence-electron chi connectivity index (χ0n) is 14.7. The molecule has 1 fully saturated rings. The number of rotatable bonds is 7. The highest BCUT2D eigenvalue weighted by Crippen LogP contribution is 2.20. The number of hydrogen-bond acceptors (Lipinski definition) is 3. The third kappa shape index (κ3) is 5.58. The van der Waals surface area contributed by atoms with Crippen LogP contribution in [-0.2, 0) is 11.3 Å². The van der Waals surface area contributed by atoms with E-state index in [4.69, 9.17) is 11.6 Å². The van der Waals surface area contributed by atoms with Crippen LogP contribution in [-0.4, -0.2) is 36.3 Å². The molecule has 3 rings (SSSR count). The average molecular weight is 372 g/mol. The van der Waals surface area contributed by atoms with Crippen LogP contribution in [0.3, 0.4) is 0 Å². The van der Waals surface area contributed by atoms with Crippen LogP contribution in [0, 0.1) is 0 Å². The molecule has 6 heteroatoms. The van der Waals surface area contributed by atoms with E-state index >= 15 is 0 Å². The van der Waals surface area contributed by atoms with E-state index in [1.165, 1.54) is 0 Å². The summed E-state index contributed by atoms with van der Waals surface area (Å²) in [5.41, 5.74) is 2.23. The summed E-state index contributed by atoms with van der Waals surface area (Å²) in [6.07, 6.45) is 2.09. The molecule has 2 aromatic rings. The molecule has 2 aromatic carbocycles. The van der Waals surface area contributed by atoms with Crippen molar-refractivity contribution >= 4 is 29.1 Å². The highest BCUT2D eigenvalue weighted by molar-refractivity contribution is 6.30. The summed E-state index contributed by atoms with van der Waals surface area (Å²) in [6.45, 7) is 0.864. The number of amides is 2. The van der Waals surface area contributed by atoms with Crippen molar-refractivity contribution in [2.75, 3.05) is 18.9 Å². The fourth-order valence-electron chi connectivity index (χ4n) is 2.68. The van der Waals surface area contributed by atoms with Gasteiger partial charge < -0.3 is 10.6 Å². The number of halogens is 1. The van der Waals surface area contributed by atoms with Gasteiger partial charge in [0.15, 0.2) is 0 Å². The van der Waals surface area contributed by atoms with Crippen molar-refractivity contribution in [2.24, 2.45) is 0 Å². The van der Waals surface area contributed by atoms with Gasteiger partial charge in [-0.05, 0) is 55.8 Å². The van der Waals surface area contributed by atoms with Crippen molar-refractivity contribution in [3.63, 3.8) is 0 Å². The highest BCUT2D eigenvalue weighted by Gasteiger charge is 2.23. The number of hydrogen-bond donors (Lipinski definition) is 2. The van der Waals surface area contributed by atoms with Gasteiger partial charge in [0.1, 0.15) is 0 Å².